The summed E-state index contributed by atoms with van der Waals surface area (Å²) < 4.78 is 28.0. The molecule has 3 aromatic carbocycles. The van der Waals surface area contributed by atoms with E-state index < -0.39 is 10.0 Å². The first-order valence-corrected chi connectivity index (χ1v) is 11.8. The van der Waals surface area contributed by atoms with Gasteiger partial charge in [-0.2, -0.15) is 0 Å². The minimum Gasteiger partial charge on any atom is -0.348 e. The molecule has 7 heteroatoms. The van der Waals surface area contributed by atoms with E-state index in [0.717, 1.165) is 16.7 Å². The molecule has 5 nitrogen and oxygen atoms in total. The lowest BCUT2D eigenvalue weighted by molar-refractivity contribution is 0.0951. The molecule has 1 heterocycles. The van der Waals surface area contributed by atoms with Gasteiger partial charge < -0.3 is 5.32 Å². The largest absolute Gasteiger partial charge is 0.348 e. The van der Waals surface area contributed by atoms with Crippen molar-refractivity contribution >= 4 is 33.2 Å². The number of halogens is 1. The molecule has 0 saturated carbocycles. The van der Waals surface area contributed by atoms with Gasteiger partial charge in [0.2, 0.25) is 0 Å². The van der Waals surface area contributed by atoms with Crippen molar-refractivity contribution in [3.8, 4) is 0 Å². The number of hydrogen-bond donors (Lipinski definition) is 1. The highest BCUT2D eigenvalue weighted by molar-refractivity contribution is 7.92. The molecule has 1 N–H and O–H groups in total. The average molecular weight is 455 g/mol. The maximum Gasteiger partial charge on any atom is 0.264 e. The second-order valence-corrected chi connectivity index (χ2v) is 10.1. The Labute approximate surface area is 187 Å². The molecule has 31 heavy (non-hydrogen) atoms. The van der Waals surface area contributed by atoms with Crippen molar-refractivity contribution in [1.29, 1.82) is 0 Å². The number of hydrogen-bond acceptors (Lipinski definition) is 3. The van der Waals surface area contributed by atoms with Gasteiger partial charge in [0.15, 0.2) is 0 Å². The molecule has 0 fully saturated rings. The van der Waals surface area contributed by atoms with Crippen molar-refractivity contribution in [2.24, 2.45) is 0 Å². The zero-order valence-corrected chi connectivity index (χ0v) is 18.9. The van der Waals surface area contributed by atoms with Crippen molar-refractivity contribution in [2.75, 3.05) is 4.31 Å². The molecule has 1 aliphatic rings. The van der Waals surface area contributed by atoms with Crippen molar-refractivity contribution in [2.45, 2.75) is 37.8 Å². The lowest BCUT2D eigenvalue weighted by Crippen LogP contribution is -2.35. The summed E-state index contributed by atoms with van der Waals surface area (Å²) in [5.41, 5.74) is 3.94. The predicted molar refractivity (Wildman–Crippen MR) is 123 cm³/mol. The van der Waals surface area contributed by atoms with Crippen LogP contribution in [0.1, 0.15) is 34.0 Å². The molecule has 0 spiro atoms. The summed E-state index contributed by atoms with van der Waals surface area (Å²) in [5.74, 6) is -0.203. The van der Waals surface area contributed by atoms with E-state index in [-0.39, 0.29) is 16.8 Å². The fourth-order valence-corrected chi connectivity index (χ4v) is 5.64. The number of nitrogens with zero attached hydrogens (tertiary/aromatic N) is 1. The molecule has 0 unspecified atom stereocenters. The molecule has 0 bridgehead atoms. The van der Waals surface area contributed by atoms with E-state index in [2.05, 4.69) is 5.32 Å². The van der Waals surface area contributed by atoms with Gasteiger partial charge in [-0.05, 0) is 73.9 Å². The number of sulfonamides is 1. The summed E-state index contributed by atoms with van der Waals surface area (Å²) in [6.45, 7) is 4.19. The molecule has 1 amide bonds. The van der Waals surface area contributed by atoms with Gasteiger partial charge in [0.05, 0.1) is 10.6 Å². The minimum absolute atomic E-state index is 0.203. The first-order chi connectivity index (χ1) is 14.8. The van der Waals surface area contributed by atoms with E-state index in [9.17, 15) is 13.2 Å². The fourth-order valence-electron chi connectivity index (χ4n) is 3.82. The molecular weight excluding hydrogens is 432 g/mol. The van der Waals surface area contributed by atoms with Crippen LogP contribution < -0.4 is 9.62 Å². The maximum atomic E-state index is 13.3. The van der Waals surface area contributed by atoms with Gasteiger partial charge in [-0.3, -0.25) is 9.10 Å². The maximum absolute atomic E-state index is 13.3. The van der Waals surface area contributed by atoms with Crippen LogP contribution in [0.4, 0.5) is 5.69 Å². The third-order valence-corrected chi connectivity index (χ3v) is 7.63. The smallest absolute Gasteiger partial charge is 0.264 e. The Morgan fingerprint density at radius 1 is 1.06 bits per heavy atom. The zero-order chi connectivity index (χ0) is 22.2. The third kappa shape index (κ3) is 4.31. The Morgan fingerprint density at radius 2 is 1.74 bits per heavy atom. The van der Waals surface area contributed by atoms with E-state index in [1.807, 2.05) is 26.0 Å². The van der Waals surface area contributed by atoms with Gasteiger partial charge in [0, 0.05) is 23.2 Å². The SMILES string of the molecule is Cc1ccc(S(=O)(=O)N2c3ccc(C(=O)NCc4ccc(Cl)cc4)cc3C[C@H]2C)cc1. The van der Waals surface area contributed by atoms with Gasteiger partial charge in [-0.25, -0.2) is 8.42 Å². The van der Waals surface area contributed by atoms with Crippen molar-refractivity contribution in [1.82, 2.24) is 5.32 Å². The molecule has 4 rings (SSSR count). The Morgan fingerprint density at radius 3 is 2.42 bits per heavy atom. The van der Waals surface area contributed by atoms with Crippen LogP contribution >= 0.6 is 11.6 Å². The summed E-state index contributed by atoms with van der Waals surface area (Å²) in [7, 11) is -3.68. The number of carbonyl (C=O) groups is 1. The highest BCUT2D eigenvalue weighted by Gasteiger charge is 2.36. The number of aryl methyl sites for hydroxylation is 1. The number of amides is 1. The number of nitrogens with one attached hydrogen (secondary N) is 1. The van der Waals surface area contributed by atoms with Crippen LogP contribution in [0, 0.1) is 6.92 Å². The van der Waals surface area contributed by atoms with Crippen molar-refractivity contribution in [3.63, 3.8) is 0 Å². The molecule has 160 valence electrons. The second kappa shape index (κ2) is 8.36. The Kier molecular flexibility index (Phi) is 5.77. The van der Waals surface area contributed by atoms with Crippen molar-refractivity contribution < 1.29 is 13.2 Å². The van der Waals surface area contributed by atoms with Crippen molar-refractivity contribution in [3.05, 3.63) is 94.0 Å². The fraction of sp³-hybridized carbons (Fsp3) is 0.208. The van der Waals surface area contributed by atoms with Gasteiger partial charge >= 0.3 is 0 Å². The lowest BCUT2D eigenvalue weighted by atomic mass is 10.1. The second-order valence-electron chi connectivity index (χ2n) is 7.82. The first-order valence-electron chi connectivity index (χ1n) is 10.0. The minimum atomic E-state index is -3.68. The van der Waals surface area contributed by atoms with Crippen LogP contribution in [0.3, 0.4) is 0 Å². The normalized spacial score (nSPS) is 15.6. The van der Waals surface area contributed by atoms with Crippen LogP contribution in [0.25, 0.3) is 0 Å². The van der Waals surface area contributed by atoms with Crippen LogP contribution in [-0.2, 0) is 23.0 Å². The van der Waals surface area contributed by atoms with Gasteiger partial charge in [0.25, 0.3) is 15.9 Å². The summed E-state index contributed by atoms with van der Waals surface area (Å²) in [6.07, 6.45) is 0.554. The Balaban J connectivity index is 1.55. The van der Waals surface area contributed by atoms with E-state index in [1.165, 1.54) is 4.31 Å². The third-order valence-electron chi connectivity index (χ3n) is 5.44. The molecule has 0 aromatic heterocycles. The monoisotopic (exact) mass is 454 g/mol. The highest BCUT2D eigenvalue weighted by Crippen LogP contribution is 2.37. The van der Waals surface area contributed by atoms with Crippen LogP contribution in [0.2, 0.25) is 5.02 Å². The summed E-state index contributed by atoms with van der Waals surface area (Å²) in [4.78, 5) is 12.9. The number of benzene rings is 3. The number of carbonyl (C=O) groups excluding carboxylic acids is 1. The number of rotatable bonds is 5. The first kappa shape index (κ1) is 21.4. The molecule has 0 aliphatic carbocycles. The average Bonchev–Trinajstić information content (AvgIpc) is 3.09. The molecule has 3 aromatic rings. The van der Waals surface area contributed by atoms with E-state index in [1.54, 1.807) is 54.6 Å². The summed E-state index contributed by atoms with van der Waals surface area (Å²) in [6, 6.07) is 19.1. The van der Waals surface area contributed by atoms with Gasteiger partial charge in [-0.1, -0.05) is 41.4 Å². The van der Waals surface area contributed by atoms with E-state index in [0.29, 0.717) is 29.2 Å². The molecule has 0 radical (unpaired) electrons. The summed E-state index contributed by atoms with van der Waals surface area (Å²) in [5, 5.41) is 3.54. The zero-order valence-electron chi connectivity index (χ0n) is 17.3. The van der Waals surface area contributed by atoms with Gasteiger partial charge in [-0.15, -0.1) is 0 Å². The van der Waals surface area contributed by atoms with Crippen LogP contribution in [-0.4, -0.2) is 20.4 Å². The Hall–Kier alpha value is -2.83. The molecule has 0 saturated heterocycles. The Bertz CT molecular complexity index is 1220. The molecule has 1 atom stereocenters. The number of anilines is 1. The predicted octanol–water partition coefficient (Wildman–Crippen LogP) is 4.72. The van der Waals surface area contributed by atoms with Gasteiger partial charge in [0.1, 0.15) is 0 Å². The quantitative estimate of drug-likeness (QED) is 0.606. The standard InChI is InChI=1S/C24H23ClN2O3S/c1-16-3-10-22(11-4-16)31(29,30)27-17(2)13-20-14-19(7-12-23(20)27)24(28)26-15-18-5-8-21(25)9-6-18/h3-12,14,17H,13,15H2,1-2H3,(H,26,28)/t17-/m1/s1. The molecular formula is C24H23ClN2O3S. The topological polar surface area (TPSA) is 66.5 Å². The van der Waals surface area contributed by atoms with E-state index >= 15 is 0 Å². The summed E-state index contributed by atoms with van der Waals surface area (Å²) >= 11 is 5.89. The number of fused-ring (bicyclic) bond motifs is 1. The van der Waals surface area contributed by atoms with Crippen LogP contribution in [0.15, 0.2) is 71.6 Å². The lowest BCUT2D eigenvalue weighted by Gasteiger charge is -2.24. The molecule has 1 aliphatic heterocycles. The van der Waals surface area contributed by atoms with Crippen LogP contribution in [0.5, 0.6) is 0 Å². The highest BCUT2D eigenvalue weighted by atomic mass is 35.5. The van der Waals surface area contributed by atoms with E-state index in [4.69, 9.17) is 11.6 Å².